The molecule has 140 valence electrons. The van der Waals surface area contributed by atoms with Crippen LogP contribution in [0.15, 0.2) is 66.9 Å². The van der Waals surface area contributed by atoms with E-state index in [1.54, 1.807) is 43.5 Å². The van der Waals surface area contributed by atoms with Crippen LogP contribution in [0.4, 0.5) is 5.82 Å². The molecule has 0 saturated carbocycles. The second-order valence-corrected chi connectivity index (χ2v) is 6.44. The van der Waals surface area contributed by atoms with Crippen LogP contribution in [0, 0.1) is 11.3 Å². The highest BCUT2D eigenvalue weighted by atomic mass is 35.5. The fourth-order valence-electron chi connectivity index (χ4n) is 2.80. The van der Waals surface area contributed by atoms with Crippen LogP contribution < -0.4 is 10.1 Å². The van der Waals surface area contributed by atoms with Crippen molar-refractivity contribution in [2.75, 3.05) is 5.32 Å². The van der Waals surface area contributed by atoms with Crippen LogP contribution in [0.2, 0.25) is 5.02 Å². The van der Waals surface area contributed by atoms with Crippen LogP contribution in [-0.4, -0.2) is 11.0 Å². The van der Waals surface area contributed by atoms with Gasteiger partial charge in [0.1, 0.15) is 11.6 Å². The van der Waals surface area contributed by atoms with Crippen molar-refractivity contribution in [2.45, 2.75) is 19.4 Å². The average molecular weight is 392 g/mol. The van der Waals surface area contributed by atoms with E-state index in [4.69, 9.17) is 16.3 Å². The number of carbonyl (C=O) groups is 1. The van der Waals surface area contributed by atoms with Crippen LogP contribution in [0.1, 0.15) is 36.1 Å². The number of anilines is 1. The number of ether oxygens (including phenoxy) is 1. The minimum Gasteiger partial charge on any atom is -0.426 e. The predicted molar refractivity (Wildman–Crippen MR) is 108 cm³/mol. The number of pyridine rings is 1. The predicted octanol–water partition coefficient (Wildman–Crippen LogP) is 5.12. The van der Waals surface area contributed by atoms with Gasteiger partial charge in [0.15, 0.2) is 0 Å². The Bertz CT molecular complexity index is 1020. The lowest BCUT2D eigenvalue weighted by molar-refractivity contribution is -0.134. The second kappa shape index (κ2) is 9.03. The van der Waals surface area contributed by atoms with Gasteiger partial charge in [-0.2, -0.15) is 5.26 Å². The molecule has 28 heavy (non-hydrogen) atoms. The molecule has 1 heterocycles. The summed E-state index contributed by atoms with van der Waals surface area (Å²) in [5.41, 5.74) is 1.87. The van der Waals surface area contributed by atoms with E-state index in [1.807, 2.05) is 30.3 Å². The summed E-state index contributed by atoms with van der Waals surface area (Å²) in [4.78, 5) is 16.2. The Balaban J connectivity index is 2.15. The molecule has 3 rings (SSSR count). The molecule has 0 aliphatic carbocycles. The average Bonchev–Trinajstić information content (AvgIpc) is 2.74. The summed E-state index contributed by atoms with van der Waals surface area (Å²) in [6.45, 7) is 1.73. The molecule has 5 nitrogen and oxygen atoms in total. The number of hydrogen-bond acceptors (Lipinski definition) is 5. The smallest absolute Gasteiger partial charge is 0.310 e. The van der Waals surface area contributed by atoms with Gasteiger partial charge in [0.25, 0.3) is 0 Å². The van der Waals surface area contributed by atoms with Crippen LogP contribution in [-0.2, 0) is 4.79 Å². The molecule has 1 N–H and O–H groups in total. The summed E-state index contributed by atoms with van der Waals surface area (Å²) < 4.78 is 5.52. The van der Waals surface area contributed by atoms with Crippen LogP contribution in [0.5, 0.6) is 5.75 Å². The molecule has 3 aromatic rings. The number of hydrogen-bond donors (Lipinski definition) is 1. The molecule has 0 saturated heterocycles. The number of nitrogens with one attached hydrogen (secondary N) is 1. The van der Waals surface area contributed by atoms with E-state index in [0.29, 0.717) is 27.7 Å². The molecule has 0 spiro atoms. The van der Waals surface area contributed by atoms with Crippen molar-refractivity contribution < 1.29 is 9.53 Å². The second-order valence-electron chi connectivity index (χ2n) is 6.00. The van der Waals surface area contributed by atoms with E-state index in [9.17, 15) is 10.1 Å². The number of halogens is 1. The van der Waals surface area contributed by atoms with Gasteiger partial charge in [0.2, 0.25) is 0 Å². The van der Waals surface area contributed by atoms with Crippen molar-refractivity contribution in [1.29, 1.82) is 5.26 Å². The number of carbonyl (C=O) groups excluding carboxylic acids is 1. The van der Waals surface area contributed by atoms with E-state index in [-0.39, 0.29) is 12.4 Å². The van der Waals surface area contributed by atoms with Gasteiger partial charge in [-0.25, -0.2) is 4.98 Å². The zero-order valence-electron chi connectivity index (χ0n) is 15.2. The zero-order valence-corrected chi connectivity index (χ0v) is 16.0. The summed E-state index contributed by atoms with van der Waals surface area (Å²) in [6, 6.07) is 19.5. The Hall–Kier alpha value is -3.36. The Labute approximate surface area is 168 Å². The molecule has 0 bridgehead atoms. The Morgan fingerprint density at radius 3 is 2.68 bits per heavy atom. The molecule has 1 unspecified atom stereocenters. The van der Waals surface area contributed by atoms with Gasteiger partial charge in [-0.15, -0.1) is 0 Å². The number of rotatable bonds is 6. The van der Waals surface area contributed by atoms with Crippen molar-refractivity contribution >= 4 is 23.4 Å². The molecule has 2 aromatic carbocycles. The Morgan fingerprint density at radius 2 is 1.96 bits per heavy atom. The summed E-state index contributed by atoms with van der Waals surface area (Å²) in [5, 5.41) is 13.4. The largest absolute Gasteiger partial charge is 0.426 e. The SMILES string of the molecule is CCC(=O)Oc1ccc(Cl)cc1C(Nc1ccccn1)c1ccccc1C#N. The molecule has 0 aliphatic heterocycles. The number of nitrogens with zero attached hydrogens (tertiary/aromatic N) is 2. The normalized spacial score (nSPS) is 11.3. The monoisotopic (exact) mass is 391 g/mol. The van der Waals surface area contributed by atoms with Crippen molar-refractivity contribution in [3.05, 3.63) is 88.6 Å². The van der Waals surface area contributed by atoms with Gasteiger partial charge in [0, 0.05) is 23.2 Å². The highest BCUT2D eigenvalue weighted by Crippen LogP contribution is 2.36. The van der Waals surface area contributed by atoms with E-state index in [2.05, 4.69) is 16.4 Å². The first-order valence-corrected chi connectivity index (χ1v) is 9.17. The van der Waals surface area contributed by atoms with Crippen LogP contribution >= 0.6 is 11.6 Å². The molecule has 0 aliphatic rings. The number of benzene rings is 2. The lowest BCUT2D eigenvalue weighted by atomic mass is 9.94. The number of nitriles is 1. The highest BCUT2D eigenvalue weighted by molar-refractivity contribution is 6.30. The van der Waals surface area contributed by atoms with E-state index >= 15 is 0 Å². The van der Waals surface area contributed by atoms with E-state index in [0.717, 1.165) is 5.56 Å². The third kappa shape index (κ3) is 4.48. The quantitative estimate of drug-likeness (QED) is 0.466. The third-order valence-corrected chi connectivity index (χ3v) is 4.38. The number of aromatic nitrogens is 1. The van der Waals surface area contributed by atoms with Gasteiger partial charge in [-0.3, -0.25) is 4.79 Å². The first kappa shape index (κ1) is 19.4. The first-order valence-electron chi connectivity index (χ1n) is 8.79. The number of esters is 1. The highest BCUT2D eigenvalue weighted by Gasteiger charge is 2.23. The standard InChI is InChI=1S/C22H18ClN3O2/c1-2-21(27)28-19-11-10-16(23)13-18(19)22(26-20-9-5-6-12-25-20)17-8-4-3-7-15(17)14-24/h3-13,22H,2H2,1H3,(H,25,26). The third-order valence-electron chi connectivity index (χ3n) is 4.14. The van der Waals surface area contributed by atoms with Gasteiger partial charge in [-0.1, -0.05) is 42.8 Å². The zero-order chi connectivity index (χ0) is 19.9. The Kier molecular flexibility index (Phi) is 6.25. The van der Waals surface area contributed by atoms with Crippen LogP contribution in [0.3, 0.4) is 0 Å². The van der Waals surface area contributed by atoms with Crippen LogP contribution in [0.25, 0.3) is 0 Å². The fourth-order valence-corrected chi connectivity index (χ4v) is 2.98. The molecule has 1 aromatic heterocycles. The molecular formula is C22H18ClN3O2. The van der Waals surface area contributed by atoms with E-state index < -0.39 is 6.04 Å². The molecule has 0 fully saturated rings. The summed E-state index contributed by atoms with van der Waals surface area (Å²) in [5.74, 6) is 0.652. The minimum atomic E-state index is -0.496. The molecule has 0 radical (unpaired) electrons. The Morgan fingerprint density at radius 1 is 1.18 bits per heavy atom. The van der Waals surface area contributed by atoms with Gasteiger partial charge >= 0.3 is 5.97 Å². The lowest BCUT2D eigenvalue weighted by Gasteiger charge is -2.23. The maximum atomic E-state index is 11.9. The first-order chi connectivity index (χ1) is 13.6. The maximum Gasteiger partial charge on any atom is 0.310 e. The molecule has 6 heteroatoms. The summed E-state index contributed by atoms with van der Waals surface area (Å²) >= 11 is 6.25. The van der Waals surface area contributed by atoms with Crippen molar-refractivity contribution in [3.63, 3.8) is 0 Å². The topological polar surface area (TPSA) is 75.0 Å². The molecule has 1 atom stereocenters. The maximum absolute atomic E-state index is 11.9. The van der Waals surface area contributed by atoms with Crippen molar-refractivity contribution in [3.8, 4) is 11.8 Å². The molecule has 0 amide bonds. The lowest BCUT2D eigenvalue weighted by Crippen LogP contribution is -2.17. The van der Waals surface area contributed by atoms with Gasteiger partial charge < -0.3 is 10.1 Å². The summed E-state index contributed by atoms with van der Waals surface area (Å²) in [6.07, 6.45) is 1.92. The fraction of sp³-hybridized carbons (Fsp3) is 0.136. The van der Waals surface area contributed by atoms with Gasteiger partial charge in [-0.05, 0) is 42.0 Å². The van der Waals surface area contributed by atoms with Crippen molar-refractivity contribution in [2.24, 2.45) is 0 Å². The summed E-state index contributed by atoms with van der Waals surface area (Å²) in [7, 11) is 0. The van der Waals surface area contributed by atoms with Gasteiger partial charge in [0.05, 0.1) is 17.7 Å². The van der Waals surface area contributed by atoms with Crippen molar-refractivity contribution in [1.82, 2.24) is 4.98 Å². The minimum absolute atomic E-state index is 0.245. The molecular weight excluding hydrogens is 374 g/mol. The van der Waals surface area contributed by atoms with E-state index in [1.165, 1.54) is 0 Å².